The average molecular weight is 409 g/mol. The number of carbonyl (C=O) groups is 2. The highest BCUT2D eigenvalue weighted by Crippen LogP contribution is 2.14. The molecule has 138 valence electrons. The standard InChI is InChI=1S/C8H8BrNO.C8H9NO.2C2H6/c1-10-8(11)6-4-2-3-5-7(6)9;1-7(10)9-8-5-3-2-4-6-8;2*1-2/h2-5H,1H3,(H,10,11);2-6H,1H3,(H,9,10);2*1-2H3. The van der Waals surface area contributed by atoms with Gasteiger partial charge in [-0.1, -0.05) is 58.0 Å². The van der Waals surface area contributed by atoms with Crippen molar-refractivity contribution in [3.8, 4) is 0 Å². The summed E-state index contributed by atoms with van der Waals surface area (Å²) in [6.07, 6.45) is 0. The first-order chi connectivity index (χ1) is 12.0. The van der Waals surface area contributed by atoms with E-state index in [0.29, 0.717) is 5.56 Å². The zero-order valence-corrected chi connectivity index (χ0v) is 17.5. The van der Waals surface area contributed by atoms with Crippen molar-refractivity contribution in [3.63, 3.8) is 0 Å². The van der Waals surface area contributed by atoms with Crippen molar-refractivity contribution in [1.82, 2.24) is 5.32 Å². The van der Waals surface area contributed by atoms with Crippen LogP contribution in [0.15, 0.2) is 59.1 Å². The van der Waals surface area contributed by atoms with Crippen LogP contribution in [-0.4, -0.2) is 18.9 Å². The normalized spacial score (nSPS) is 8.12. The highest BCUT2D eigenvalue weighted by molar-refractivity contribution is 9.10. The van der Waals surface area contributed by atoms with Gasteiger partial charge in [-0.05, 0) is 40.2 Å². The minimum absolute atomic E-state index is 0.0359. The van der Waals surface area contributed by atoms with Gasteiger partial charge in [-0.25, -0.2) is 0 Å². The van der Waals surface area contributed by atoms with Crippen LogP contribution in [0.2, 0.25) is 0 Å². The Morgan fingerprint density at radius 2 is 1.32 bits per heavy atom. The summed E-state index contributed by atoms with van der Waals surface area (Å²) in [5.74, 6) is -0.108. The predicted molar refractivity (Wildman–Crippen MR) is 111 cm³/mol. The van der Waals surface area contributed by atoms with Gasteiger partial charge in [0.25, 0.3) is 5.91 Å². The smallest absolute Gasteiger partial charge is 0.252 e. The summed E-state index contributed by atoms with van der Waals surface area (Å²) in [7, 11) is 1.61. The van der Waals surface area contributed by atoms with Crippen LogP contribution >= 0.6 is 15.9 Å². The van der Waals surface area contributed by atoms with Crippen molar-refractivity contribution in [2.45, 2.75) is 34.6 Å². The molecule has 0 spiro atoms. The summed E-state index contributed by atoms with van der Waals surface area (Å²) in [5.41, 5.74) is 1.50. The molecule has 0 radical (unpaired) electrons. The molecule has 4 nitrogen and oxygen atoms in total. The Balaban J connectivity index is 0. The number of benzene rings is 2. The van der Waals surface area contributed by atoms with E-state index in [0.717, 1.165) is 10.2 Å². The molecule has 0 fully saturated rings. The van der Waals surface area contributed by atoms with E-state index in [2.05, 4.69) is 26.6 Å². The van der Waals surface area contributed by atoms with Crippen LogP contribution < -0.4 is 10.6 Å². The number of nitrogens with one attached hydrogen (secondary N) is 2. The number of para-hydroxylation sites is 1. The first kappa shape index (κ1) is 25.1. The maximum atomic E-state index is 11.1. The molecule has 2 rings (SSSR count). The predicted octanol–water partition coefficient (Wildman–Crippen LogP) is 5.51. The van der Waals surface area contributed by atoms with Gasteiger partial charge in [-0.2, -0.15) is 0 Å². The van der Waals surface area contributed by atoms with Gasteiger partial charge < -0.3 is 10.6 Å². The highest BCUT2D eigenvalue weighted by Gasteiger charge is 2.04. The molecule has 0 aliphatic rings. The third kappa shape index (κ3) is 12.0. The Labute approximate surface area is 160 Å². The van der Waals surface area contributed by atoms with Crippen molar-refractivity contribution in [3.05, 3.63) is 64.6 Å². The fourth-order valence-corrected chi connectivity index (χ4v) is 1.97. The largest absolute Gasteiger partial charge is 0.355 e. The summed E-state index contributed by atoms with van der Waals surface area (Å²) >= 11 is 3.28. The second-order valence-corrected chi connectivity index (χ2v) is 4.96. The second kappa shape index (κ2) is 16.7. The van der Waals surface area contributed by atoms with Gasteiger partial charge in [0.2, 0.25) is 5.91 Å². The van der Waals surface area contributed by atoms with E-state index >= 15 is 0 Å². The van der Waals surface area contributed by atoms with Crippen molar-refractivity contribution in [2.75, 3.05) is 12.4 Å². The van der Waals surface area contributed by atoms with Crippen molar-refractivity contribution in [2.24, 2.45) is 0 Å². The molecule has 0 aliphatic heterocycles. The third-order valence-electron chi connectivity index (χ3n) is 2.44. The van der Waals surface area contributed by atoms with Gasteiger partial charge in [0.1, 0.15) is 0 Å². The number of rotatable bonds is 2. The van der Waals surface area contributed by atoms with Crippen molar-refractivity contribution < 1.29 is 9.59 Å². The van der Waals surface area contributed by atoms with Crippen molar-refractivity contribution in [1.29, 1.82) is 0 Å². The topological polar surface area (TPSA) is 58.2 Å². The molecule has 25 heavy (non-hydrogen) atoms. The Bertz CT molecular complexity index is 602. The average Bonchev–Trinajstić information content (AvgIpc) is 2.66. The number of carbonyl (C=O) groups excluding carboxylic acids is 2. The molecule has 0 saturated carbocycles. The zero-order chi connectivity index (χ0) is 19.7. The Hall–Kier alpha value is -2.14. The van der Waals surface area contributed by atoms with E-state index in [4.69, 9.17) is 0 Å². The molecule has 0 aromatic heterocycles. The minimum Gasteiger partial charge on any atom is -0.355 e. The fourth-order valence-electron chi connectivity index (χ4n) is 1.50. The van der Waals surface area contributed by atoms with Crippen LogP contribution in [0.25, 0.3) is 0 Å². The van der Waals surface area contributed by atoms with E-state index in [-0.39, 0.29) is 11.8 Å². The van der Waals surface area contributed by atoms with E-state index in [1.165, 1.54) is 6.92 Å². The molecule has 0 saturated heterocycles. The second-order valence-electron chi connectivity index (χ2n) is 4.11. The van der Waals surface area contributed by atoms with Crippen LogP contribution in [0.1, 0.15) is 45.0 Å². The quantitative estimate of drug-likeness (QED) is 0.688. The lowest BCUT2D eigenvalue weighted by Crippen LogP contribution is -2.17. The summed E-state index contributed by atoms with van der Waals surface area (Å²) in [4.78, 5) is 21.6. The molecular weight excluding hydrogens is 380 g/mol. The zero-order valence-electron chi connectivity index (χ0n) is 15.9. The maximum absolute atomic E-state index is 11.1. The molecule has 0 aliphatic carbocycles. The van der Waals surface area contributed by atoms with Crippen LogP contribution in [0.4, 0.5) is 5.69 Å². The van der Waals surface area contributed by atoms with E-state index < -0.39 is 0 Å². The van der Waals surface area contributed by atoms with E-state index in [1.807, 2.05) is 76.2 Å². The molecule has 2 amide bonds. The van der Waals surface area contributed by atoms with E-state index in [1.54, 1.807) is 13.1 Å². The minimum atomic E-state index is -0.0718. The fraction of sp³-hybridized carbons (Fsp3) is 0.300. The number of hydrogen-bond acceptors (Lipinski definition) is 2. The van der Waals surface area contributed by atoms with Crippen LogP contribution in [0.3, 0.4) is 0 Å². The number of amides is 2. The SMILES string of the molecule is CC.CC.CC(=O)Nc1ccccc1.CNC(=O)c1ccccc1Br. The summed E-state index contributed by atoms with van der Waals surface area (Å²) < 4.78 is 0.819. The monoisotopic (exact) mass is 408 g/mol. The van der Waals surface area contributed by atoms with Gasteiger partial charge in [0.15, 0.2) is 0 Å². The molecule has 0 unspecified atom stereocenters. The lowest BCUT2D eigenvalue weighted by Gasteiger charge is -2.00. The molecule has 0 heterocycles. The number of hydrogen-bond donors (Lipinski definition) is 2. The molecule has 2 N–H and O–H groups in total. The molecule has 0 bridgehead atoms. The molecule has 2 aromatic rings. The Morgan fingerprint density at radius 3 is 1.76 bits per heavy atom. The van der Waals surface area contributed by atoms with Gasteiger partial charge in [0, 0.05) is 24.1 Å². The lowest BCUT2D eigenvalue weighted by atomic mass is 10.2. The van der Waals surface area contributed by atoms with Crippen LogP contribution in [0.5, 0.6) is 0 Å². The van der Waals surface area contributed by atoms with Crippen LogP contribution in [-0.2, 0) is 4.79 Å². The van der Waals surface area contributed by atoms with Gasteiger partial charge in [-0.15, -0.1) is 0 Å². The Morgan fingerprint density at radius 1 is 0.840 bits per heavy atom. The molecule has 5 heteroatoms. The van der Waals surface area contributed by atoms with Crippen molar-refractivity contribution >= 4 is 33.4 Å². The first-order valence-corrected chi connectivity index (χ1v) is 9.13. The first-order valence-electron chi connectivity index (χ1n) is 8.34. The van der Waals surface area contributed by atoms with Gasteiger partial charge >= 0.3 is 0 Å². The molecule has 2 aromatic carbocycles. The van der Waals surface area contributed by atoms with Gasteiger partial charge in [0.05, 0.1) is 5.56 Å². The lowest BCUT2D eigenvalue weighted by molar-refractivity contribution is -0.114. The summed E-state index contributed by atoms with van der Waals surface area (Å²) in [6.45, 7) is 9.49. The highest BCUT2D eigenvalue weighted by atomic mass is 79.9. The number of halogens is 1. The maximum Gasteiger partial charge on any atom is 0.252 e. The van der Waals surface area contributed by atoms with E-state index in [9.17, 15) is 9.59 Å². The Kier molecular flexibility index (Phi) is 16.8. The molecule has 0 atom stereocenters. The number of anilines is 1. The van der Waals surface area contributed by atoms with Crippen LogP contribution in [0, 0.1) is 0 Å². The third-order valence-corrected chi connectivity index (χ3v) is 3.13. The molecular formula is C20H29BrN2O2. The van der Waals surface area contributed by atoms with Gasteiger partial charge in [-0.3, -0.25) is 9.59 Å². The summed E-state index contributed by atoms with van der Waals surface area (Å²) in [5, 5.41) is 5.22. The summed E-state index contributed by atoms with van der Waals surface area (Å²) in [6, 6.07) is 16.7.